The maximum Gasteiger partial charge on any atom is 0.160 e. The summed E-state index contributed by atoms with van der Waals surface area (Å²) in [6.45, 7) is 2.31. The standard InChI is InChI=1S/C14H15FN2O/c1-10-7-13(14(18-2)9-16-10)17-8-11-5-3-4-6-12(11)15/h3-7,9H,8H2,1-2H3,(H,16,17). The van der Waals surface area contributed by atoms with Crippen molar-refractivity contribution < 1.29 is 9.13 Å². The van der Waals surface area contributed by atoms with Crippen LogP contribution in [0.1, 0.15) is 11.3 Å². The van der Waals surface area contributed by atoms with Gasteiger partial charge in [0.25, 0.3) is 0 Å². The maximum atomic E-state index is 13.5. The van der Waals surface area contributed by atoms with Crippen LogP contribution in [0.3, 0.4) is 0 Å². The Labute approximate surface area is 106 Å². The van der Waals surface area contributed by atoms with Crippen molar-refractivity contribution in [2.45, 2.75) is 13.5 Å². The molecule has 0 unspecified atom stereocenters. The topological polar surface area (TPSA) is 34.1 Å². The molecule has 0 spiro atoms. The van der Waals surface area contributed by atoms with Crippen LogP contribution in [0.4, 0.5) is 10.1 Å². The van der Waals surface area contributed by atoms with Gasteiger partial charge in [-0.3, -0.25) is 4.98 Å². The summed E-state index contributed by atoms with van der Waals surface area (Å²) >= 11 is 0. The first-order valence-electron chi connectivity index (χ1n) is 5.68. The molecule has 0 saturated heterocycles. The van der Waals surface area contributed by atoms with Gasteiger partial charge in [-0.15, -0.1) is 0 Å². The Kier molecular flexibility index (Phi) is 3.77. The third-order valence-corrected chi connectivity index (χ3v) is 2.65. The van der Waals surface area contributed by atoms with E-state index in [1.165, 1.54) is 6.07 Å². The molecule has 94 valence electrons. The number of aryl methyl sites for hydroxylation is 1. The third-order valence-electron chi connectivity index (χ3n) is 2.65. The Balaban J connectivity index is 2.15. The van der Waals surface area contributed by atoms with Crippen molar-refractivity contribution >= 4 is 5.69 Å². The molecule has 1 aromatic carbocycles. The fraction of sp³-hybridized carbons (Fsp3) is 0.214. The third kappa shape index (κ3) is 2.77. The fourth-order valence-electron chi connectivity index (χ4n) is 1.68. The van der Waals surface area contributed by atoms with Gasteiger partial charge in [0.2, 0.25) is 0 Å². The van der Waals surface area contributed by atoms with Gasteiger partial charge >= 0.3 is 0 Å². The summed E-state index contributed by atoms with van der Waals surface area (Å²) in [5.74, 6) is 0.437. The SMILES string of the molecule is COc1cnc(C)cc1NCc1ccccc1F. The molecule has 0 atom stereocenters. The summed E-state index contributed by atoms with van der Waals surface area (Å²) in [7, 11) is 1.58. The molecule has 0 amide bonds. The molecule has 0 saturated carbocycles. The normalized spacial score (nSPS) is 10.2. The van der Waals surface area contributed by atoms with Gasteiger partial charge in [-0.1, -0.05) is 18.2 Å². The minimum Gasteiger partial charge on any atom is -0.493 e. The van der Waals surface area contributed by atoms with E-state index >= 15 is 0 Å². The molecule has 1 heterocycles. The van der Waals surface area contributed by atoms with E-state index in [2.05, 4.69) is 10.3 Å². The molecule has 1 aromatic heterocycles. The molecular formula is C14H15FN2O. The molecule has 18 heavy (non-hydrogen) atoms. The van der Waals surface area contributed by atoms with Crippen LogP contribution < -0.4 is 10.1 Å². The summed E-state index contributed by atoms with van der Waals surface area (Å²) in [5, 5.41) is 3.16. The molecule has 0 aliphatic rings. The molecule has 0 fully saturated rings. The molecule has 0 bridgehead atoms. The number of ether oxygens (including phenoxy) is 1. The van der Waals surface area contributed by atoms with Gasteiger partial charge in [-0.05, 0) is 19.1 Å². The van der Waals surface area contributed by atoms with Crippen LogP contribution in [0.15, 0.2) is 36.5 Å². The second-order valence-electron chi connectivity index (χ2n) is 3.97. The highest BCUT2D eigenvalue weighted by Crippen LogP contribution is 2.24. The fourth-order valence-corrected chi connectivity index (χ4v) is 1.68. The van der Waals surface area contributed by atoms with Gasteiger partial charge in [0.15, 0.2) is 5.75 Å². The first kappa shape index (κ1) is 12.4. The van der Waals surface area contributed by atoms with Gasteiger partial charge in [-0.2, -0.15) is 0 Å². The smallest absolute Gasteiger partial charge is 0.160 e. The predicted molar refractivity (Wildman–Crippen MR) is 69.3 cm³/mol. The molecule has 1 N–H and O–H groups in total. The summed E-state index contributed by atoms with van der Waals surface area (Å²) in [4.78, 5) is 4.14. The van der Waals surface area contributed by atoms with Gasteiger partial charge < -0.3 is 10.1 Å². The molecule has 3 nitrogen and oxygen atoms in total. The molecule has 2 rings (SSSR count). The quantitative estimate of drug-likeness (QED) is 0.899. The predicted octanol–water partition coefficient (Wildman–Crippen LogP) is 3.15. The van der Waals surface area contributed by atoms with E-state index in [-0.39, 0.29) is 5.82 Å². The molecule has 2 aromatic rings. The minimum absolute atomic E-state index is 0.213. The summed E-state index contributed by atoms with van der Waals surface area (Å²) in [6.07, 6.45) is 1.65. The van der Waals surface area contributed by atoms with E-state index in [9.17, 15) is 4.39 Å². The van der Waals surface area contributed by atoms with Gasteiger partial charge in [0.1, 0.15) is 5.82 Å². The minimum atomic E-state index is -0.213. The van der Waals surface area contributed by atoms with Crippen molar-refractivity contribution in [3.63, 3.8) is 0 Å². The average molecular weight is 246 g/mol. The number of anilines is 1. The van der Waals surface area contributed by atoms with E-state index in [1.807, 2.05) is 19.1 Å². The largest absolute Gasteiger partial charge is 0.493 e. The number of nitrogens with zero attached hydrogens (tertiary/aromatic N) is 1. The van der Waals surface area contributed by atoms with E-state index in [0.29, 0.717) is 17.9 Å². The van der Waals surface area contributed by atoms with Gasteiger partial charge in [0, 0.05) is 17.8 Å². The Morgan fingerprint density at radius 3 is 2.83 bits per heavy atom. The Morgan fingerprint density at radius 1 is 1.33 bits per heavy atom. The van der Waals surface area contributed by atoms with Crippen LogP contribution in [-0.4, -0.2) is 12.1 Å². The highest BCUT2D eigenvalue weighted by atomic mass is 19.1. The molecule has 4 heteroatoms. The Hall–Kier alpha value is -2.10. The van der Waals surface area contributed by atoms with Crippen LogP contribution in [0, 0.1) is 12.7 Å². The number of hydrogen-bond acceptors (Lipinski definition) is 3. The monoisotopic (exact) mass is 246 g/mol. The maximum absolute atomic E-state index is 13.5. The molecule has 0 aliphatic carbocycles. The number of halogens is 1. The first-order valence-corrected chi connectivity index (χ1v) is 5.68. The Morgan fingerprint density at radius 2 is 2.11 bits per heavy atom. The molecule has 0 radical (unpaired) electrons. The highest BCUT2D eigenvalue weighted by Gasteiger charge is 2.05. The number of hydrogen-bond donors (Lipinski definition) is 1. The lowest BCUT2D eigenvalue weighted by Gasteiger charge is -2.11. The number of methoxy groups -OCH3 is 1. The zero-order valence-corrected chi connectivity index (χ0v) is 10.4. The van der Waals surface area contributed by atoms with Gasteiger partial charge in [0.05, 0.1) is 19.0 Å². The van der Waals surface area contributed by atoms with Crippen molar-refractivity contribution in [1.82, 2.24) is 4.98 Å². The summed E-state index contributed by atoms with van der Waals surface area (Å²) in [6, 6.07) is 8.57. The molecular weight excluding hydrogens is 231 g/mol. The van der Waals surface area contributed by atoms with Crippen LogP contribution in [0.25, 0.3) is 0 Å². The summed E-state index contributed by atoms with van der Waals surface area (Å²) in [5.41, 5.74) is 2.31. The second-order valence-corrected chi connectivity index (χ2v) is 3.97. The zero-order valence-electron chi connectivity index (χ0n) is 10.4. The van der Waals surface area contributed by atoms with Gasteiger partial charge in [-0.25, -0.2) is 4.39 Å². The van der Waals surface area contributed by atoms with Crippen LogP contribution >= 0.6 is 0 Å². The molecule has 0 aliphatic heterocycles. The van der Waals surface area contributed by atoms with Crippen LogP contribution in [-0.2, 0) is 6.54 Å². The van der Waals surface area contributed by atoms with Crippen molar-refractivity contribution in [1.29, 1.82) is 0 Å². The van der Waals surface area contributed by atoms with Crippen molar-refractivity contribution in [3.8, 4) is 5.75 Å². The van der Waals surface area contributed by atoms with Crippen molar-refractivity contribution in [2.24, 2.45) is 0 Å². The number of rotatable bonds is 4. The first-order chi connectivity index (χ1) is 8.70. The van der Waals surface area contributed by atoms with Crippen molar-refractivity contribution in [2.75, 3.05) is 12.4 Å². The van der Waals surface area contributed by atoms with E-state index in [1.54, 1.807) is 25.4 Å². The van der Waals surface area contributed by atoms with Crippen molar-refractivity contribution in [3.05, 3.63) is 53.6 Å². The van der Waals surface area contributed by atoms with Crippen LogP contribution in [0.5, 0.6) is 5.75 Å². The van der Waals surface area contributed by atoms with E-state index < -0.39 is 0 Å². The van der Waals surface area contributed by atoms with E-state index in [4.69, 9.17) is 4.74 Å². The van der Waals surface area contributed by atoms with Crippen LogP contribution in [0.2, 0.25) is 0 Å². The highest BCUT2D eigenvalue weighted by molar-refractivity contribution is 5.56. The average Bonchev–Trinajstić information content (AvgIpc) is 2.38. The van der Waals surface area contributed by atoms with E-state index in [0.717, 1.165) is 11.4 Å². The lowest BCUT2D eigenvalue weighted by atomic mass is 10.2. The number of aromatic nitrogens is 1. The Bertz CT molecular complexity index is 543. The second kappa shape index (κ2) is 5.49. The number of benzene rings is 1. The number of pyridine rings is 1. The summed E-state index contributed by atoms with van der Waals surface area (Å²) < 4.78 is 18.7. The zero-order chi connectivity index (χ0) is 13.0. The lowest BCUT2D eigenvalue weighted by Crippen LogP contribution is -2.04. The number of nitrogens with one attached hydrogen (secondary N) is 1. The lowest BCUT2D eigenvalue weighted by molar-refractivity contribution is 0.414.